The van der Waals surface area contributed by atoms with Crippen molar-refractivity contribution in [1.29, 1.82) is 0 Å². The lowest BCUT2D eigenvalue weighted by Gasteiger charge is -2.37. The third kappa shape index (κ3) is 1.69. The van der Waals surface area contributed by atoms with Gasteiger partial charge in [0.05, 0.1) is 12.2 Å². The molecule has 0 amide bonds. The Morgan fingerprint density at radius 3 is 2.70 bits per heavy atom. The molecule has 5 unspecified atom stereocenters. The maximum Gasteiger partial charge on any atom is 0.0707 e. The maximum atomic E-state index is 5.95. The summed E-state index contributed by atoms with van der Waals surface area (Å²) in [4.78, 5) is 2.66. The molecule has 5 atom stereocenters. The fraction of sp³-hybridized carbons (Fsp3) is 0.765. The summed E-state index contributed by atoms with van der Waals surface area (Å²) in [6, 6.07) is 0.619. The van der Waals surface area contributed by atoms with E-state index in [-0.39, 0.29) is 0 Å². The van der Waals surface area contributed by atoms with Crippen molar-refractivity contribution in [2.75, 3.05) is 26.2 Å². The molecule has 2 aliphatic carbocycles. The zero-order chi connectivity index (χ0) is 13.2. The van der Waals surface area contributed by atoms with Crippen LogP contribution in [0.25, 0.3) is 0 Å². The van der Waals surface area contributed by atoms with Crippen LogP contribution in [0.1, 0.15) is 25.7 Å². The second-order valence-electron chi connectivity index (χ2n) is 7.42. The quantitative estimate of drug-likeness (QED) is 0.828. The number of hydrogen-bond acceptors (Lipinski definition) is 3. The smallest absolute Gasteiger partial charge is 0.0707 e. The highest BCUT2D eigenvalue weighted by Gasteiger charge is 2.58. The topological polar surface area (TPSA) is 24.5 Å². The standard InChI is InChI=1S/C17H24N2O/c1-3-14(19-9-15-5-6-16(10-19)20-15)4-2-12(1)17-7-13(17)8-18-11-17/h1-3,13-16,18H,4-11H2. The third-order valence-corrected chi connectivity index (χ3v) is 6.26. The lowest BCUT2D eigenvalue weighted by Crippen LogP contribution is -2.47. The fourth-order valence-corrected chi connectivity index (χ4v) is 4.96. The Bertz CT molecular complexity index is 473. The predicted molar refractivity (Wildman–Crippen MR) is 78.5 cm³/mol. The van der Waals surface area contributed by atoms with Gasteiger partial charge in [-0.3, -0.25) is 4.90 Å². The maximum absolute atomic E-state index is 5.95. The van der Waals surface area contributed by atoms with E-state index in [2.05, 4.69) is 28.4 Å². The number of ether oxygens (including phenoxy) is 1. The largest absolute Gasteiger partial charge is 0.372 e. The lowest BCUT2D eigenvalue weighted by molar-refractivity contribution is -0.0465. The van der Waals surface area contributed by atoms with Crippen molar-refractivity contribution in [3.63, 3.8) is 0 Å². The minimum atomic E-state index is 0.512. The van der Waals surface area contributed by atoms with Gasteiger partial charge in [0.2, 0.25) is 0 Å². The van der Waals surface area contributed by atoms with Gasteiger partial charge in [-0.2, -0.15) is 0 Å². The first kappa shape index (κ1) is 12.0. The molecule has 20 heavy (non-hydrogen) atoms. The summed E-state index contributed by atoms with van der Waals surface area (Å²) in [6.45, 7) is 4.73. The second kappa shape index (κ2) is 4.19. The van der Waals surface area contributed by atoms with Gasteiger partial charge in [-0.1, -0.05) is 18.2 Å². The van der Waals surface area contributed by atoms with Gasteiger partial charge in [-0.05, 0) is 43.7 Å². The molecule has 2 bridgehead atoms. The monoisotopic (exact) mass is 272 g/mol. The van der Waals surface area contributed by atoms with E-state index in [9.17, 15) is 0 Å². The molecule has 1 saturated carbocycles. The van der Waals surface area contributed by atoms with E-state index < -0.39 is 0 Å². The molecular weight excluding hydrogens is 248 g/mol. The highest BCUT2D eigenvalue weighted by molar-refractivity contribution is 5.39. The van der Waals surface area contributed by atoms with Crippen LogP contribution in [0.3, 0.4) is 0 Å². The number of rotatable bonds is 2. The number of fused-ring (bicyclic) bond motifs is 3. The highest BCUT2D eigenvalue weighted by atomic mass is 16.5. The Hall–Kier alpha value is -0.640. The molecule has 108 valence electrons. The van der Waals surface area contributed by atoms with E-state index in [1.165, 1.54) is 38.8 Å². The van der Waals surface area contributed by atoms with E-state index >= 15 is 0 Å². The number of hydrogen-bond donors (Lipinski definition) is 1. The second-order valence-corrected chi connectivity index (χ2v) is 7.42. The van der Waals surface area contributed by atoms with Crippen molar-refractivity contribution < 1.29 is 4.74 Å². The molecule has 3 heteroatoms. The van der Waals surface area contributed by atoms with Gasteiger partial charge in [-0.25, -0.2) is 0 Å². The van der Waals surface area contributed by atoms with Crippen molar-refractivity contribution in [2.24, 2.45) is 11.3 Å². The molecule has 5 rings (SSSR count). The Balaban J connectivity index is 1.28. The van der Waals surface area contributed by atoms with Crippen LogP contribution in [0.4, 0.5) is 0 Å². The van der Waals surface area contributed by atoms with E-state index in [0.29, 0.717) is 23.7 Å². The predicted octanol–water partition coefficient (Wildman–Crippen LogP) is 1.71. The summed E-state index contributed by atoms with van der Waals surface area (Å²) in [5.41, 5.74) is 2.16. The molecule has 3 saturated heterocycles. The number of allylic oxidation sites excluding steroid dienone is 1. The van der Waals surface area contributed by atoms with Crippen molar-refractivity contribution in [3.8, 4) is 0 Å². The zero-order valence-electron chi connectivity index (χ0n) is 12.1. The number of morpholine rings is 1. The Morgan fingerprint density at radius 2 is 2.10 bits per heavy atom. The van der Waals surface area contributed by atoms with Crippen LogP contribution in [0.5, 0.6) is 0 Å². The Labute approximate surface area is 121 Å². The first-order valence-corrected chi connectivity index (χ1v) is 8.32. The third-order valence-electron chi connectivity index (χ3n) is 6.26. The summed E-state index contributed by atoms with van der Waals surface area (Å²) in [5.74, 6) is 0.925. The minimum absolute atomic E-state index is 0.512. The Kier molecular flexibility index (Phi) is 2.50. The molecule has 0 radical (unpaired) electrons. The van der Waals surface area contributed by atoms with Crippen LogP contribution in [-0.4, -0.2) is 49.3 Å². The molecule has 3 nitrogen and oxygen atoms in total. The number of piperidine rings is 1. The van der Waals surface area contributed by atoms with Gasteiger partial charge >= 0.3 is 0 Å². The van der Waals surface area contributed by atoms with E-state index in [0.717, 1.165) is 19.0 Å². The van der Waals surface area contributed by atoms with Gasteiger partial charge in [0.15, 0.2) is 0 Å². The van der Waals surface area contributed by atoms with Crippen LogP contribution in [0.2, 0.25) is 0 Å². The first-order valence-electron chi connectivity index (χ1n) is 8.32. The molecule has 3 heterocycles. The van der Waals surface area contributed by atoms with Gasteiger partial charge in [0, 0.05) is 31.1 Å². The Morgan fingerprint density at radius 1 is 1.25 bits per heavy atom. The van der Waals surface area contributed by atoms with Gasteiger partial charge in [0.1, 0.15) is 0 Å². The average Bonchev–Trinajstić information content (AvgIpc) is 2.88. The highest BCUT2D eigenvalue weighted by Crippen LogP contribution is 2.60. The summed E-state index contributed by atoms with van der Waals surface area (Å²) in [6.07, 6.45) is 13.7. The van der Waals surface area contributed by atoms with E-state index in [4.69, 9.17) is 4.74 Å². The molecule has 4 fully saturated rings. The van der Waals surface area contributed by atoms with E-state index in [1.54, 1.807) is 5.57 Å². The van der Waals surface area contributed by atoms with Crippen molar-refractivity contribution in [3.05, 3.63) is 23.8 Å². The summed E-state index contributed by atoms with van der Waals surface area (Å²) >= 11 is 0. The summed E-state index contributed by atoms with van der Waals surface area (Å²) < 4.78 is 5.95. The van der Waals surface area contributed by atoms with Crippen LogP contribution < -0.4 is 5.32 Å². The molecule has 0 aromatic carbocycles. The molecule has 0 aromatic heterocycles. The van der Waals surface area contributed by atoms with Crippen LogP contribution in [0.15, 0.2) is 23.8 Å². The average molecular weight is 272 g/mol. The number of nitrogens with one attached hydrogen (secondary N) is 1. The van der Waals surface area contributed by atoms with Crippen molar-refractivity contribution in [1.82, 2.24) is 10.2 Å². The number of likely N-dealkylation sites (tertiary alicyclic amines) is 1. The molecule has 5 aliphatic rings. The van der Waals surface area contributed by atoms with Gasteiger partial charge in [-0.15, -0.1) is 0 Å². The van der Waals surface area contributed by atoms with Crippen molar-refractivity contribution in [2.45, 2.75) is 43.9 Å². The fourth-order valence-electron chi connectivity index (χ4n) is 4.96. The molecule has 0 aromatic rings. The van der Waals surface area contributed by atoms with Crippen LogP contribution in [-0.2, 0) is 4.74 Å². The van der Waals surface area contributed by atoms with E-state index in [1.807, 2.05) is 0 Å². The molecule has 3 aliphatic heterocycles. The number of nitrogens with zero attached hydrogens (tertiary/aromatic N) is 1. The summed E-state index contributed by atoms with van der Waals surface area (Å²) in [5, 5.41) is 3.55. The molecule has 1 N–H and O–H groups in total. The van der Waals surface area contributed by atoms with Gasteiger partial charge in [0.25, 0.3) is 0 Å². The van der Waals surface area contributed by atoms with Crippen LogP contribution in [0, 0.1) is 11.3 Å². The molecular formula is C17H24N2O. The minimum Gasteiger partial charge on any atom is -0.372 e. The zero-order valence-corrected chi connectivity index (χ0v) is 12.1. The normalized spacial score (nSPS) is 50.1. The van der Waals surface area contributed by atoms with Gasteiger partial charge < -0.3 is 10.1 Å². The molecule has 0 spiro atoms. The first-order chi connectivity index (χ1) is 9.83. The lowest BCUT2D eigenvalue weighted by atomic mass is 9.88. The van der Waals surface area contributed by atoms with Crippen molar-refractivity contribution >= 4 is 0 Å². The SMILES string of the molecule is C1=CC(N2CC3CCC(C2)O3)CC=C1C12CNCC1C2. The summed E-state index contributed by atoms with van der Waals surface area (Å²) in [7, 11) is 0. The van der Waals surface area contributed by atoms with Crippen LogP contribution >= 0.6 is 0 Å².